The molecule has 1 fully saturated rings. The molecule has 0 amide bonds. The van der Waals surface area contributed by atoms with Gasteiger partial charge in [0.15, 0.2) is 0 Å². The fraction of sp³-hybridized carbons (Fsp3) is 0.625. The van der Waals surface area contributed by atoms with Crippen molar-refractivity contribution in [2.75, 3.05) is 25.1 Å². The van der Waals surface area contributed by atoms with Crippen LogP contribution in [0, 0.1) is 11.3 Å². The van der Waals surface area contributed by atoms with Crippen molar-refractivity contribution in [2.45, 2.75) is 44.6 Å². The van der Waals surface area contributed by atoms with E-state index in [9.17, 15) is 5.26 Å². The van der Waals surface area contributed by atoms with Gasteiger partial charge in [0.05, 0.1) is 11.7 Å². The minimum absolute atomic E-state index is 0.273. The topological polar surface area (TPSA) is 49.1 Å². The van der Waals surface area contributed by atoms with E-state index in [-0.39, 0.29) is 6.10 Å². The third-order valence-corrected chi connectivity index (χ3v) is 4.26. The van der Waals surface area contributed by atoms with Gasteiger partial charge in [-0.05, 0) is 50.2 Å². The lowest BCUT2D eigenvalue weighted by molar-refractivity contribution is 0.0215. The molecule has 1 saturated heterocycles. The zero-order valence-corrected chi connectivity index (χ0v) is 12.1. The summed E-state index contributed by atoms with van der Waals surface area (Å²) in [5.41, 5.74) is 3.13. The molecule has 1 unspecified atom stereocenters. The predicted octanol–water partition coefficient (Wildman–Crippen LogP) is 2.45. The highest BCUT2D eigenvalue weighted by atomic mass is 16.5. The van der Waals surface area contributed by atoms with E-state index in [1.165, 1.54) is 24.1 Å². The van der Waals surface area contributed by atoms with E-state index >= 15 is 0 Å². The van der Waals surface area contributed by atoms with Crippen LogP contribution in [0.5, 0.6) is 0 Å². The molecule has 20 heavy (non-hydrogen) atoms. The van der Waals surface area contributed by atoms with Crippen LogP contribution in [0.25, 0.3) is 0 Å². The standard InChI is InChI=1S/C16H21N3O/c1-19(11-14-6-2-3-8-20-14)16-13(10-17)9-12-5-4-7-15(12)18-16/h9,14H,2-8,11H2,1H3. The van der Waals surface area contributed by atoms with Gasteiger partial charge in [-0.3, -0.25) is 0 Å². The van der Waals surface area contributed by atoms with Gasteiger partial charge in [0, 0.05) is 25.9 Å². The molecule has 1 aliphatic carbocycles. The molecule has 0 N–H and O–H groups in total. The van der Waals surface area contributed by atoms with Crippen LogP contribution < -0.4 is 4.90 Å². The number of pyridine rings is 1. The van der Waals surface area contributed by atoms with Gasteiger partial charge in [-0.15, -0.1) is 0 Å². The second kappa shape index (κ2) is 5.80. The Balaban J connectivity index is 1.79. The molecule has 4 heteroatoms. The fourth-order valence-corrected chi connectivity index (χ4v) is 3.18. The minimum Gasteiger partial charge on any atom is -0.376 e. The summed E-state index contributed by atoms with van der Waals surface area (Å²) >= 11 is 0. The zero-order chi connectivity index (χ0) is 13.9. The summed E-state index contributed by atoms with van der Waals surface area (Å²) < 4.78 is 5.78. The van der Waals surface area contributed by atoms with Crippen molar-refractivity contribution >= 4 is 5.82 Å². The Morgan fingerprint density at radius 3 is 3.05 bits per heavy atom. The van der Waals surface area contributed by atoms with Crippen LogP contribution in [-0.2, 0) is 17.6 Å². The van der Waals surface area contributed by atoms with Crippen LogP contribution >= 0.6 is 0 Å². The van der Waals surface area contributed by atoms with Gasteiger partial charge in [0.2, 0.25) is 0 Å². The Kier molecular flexibility index (Phi) is 3.88. The smallest absolute Gasteiger partial charge is 0.146 e. The second-order valence-corrected chi connectivity index (χ2v) is 5.80. The summed E-state index contributed by atoms with van der Waals surface area (Å²) in [7, 11) is 2.02. The number of fused-ring (bicyclic) bond motifs is 1. The number of hydrogen-bond acceptors (Lipinski definition) is 4. The molecule has 3 rings (SSSR count). The lowest BCUT2D eigenvalue weighted by Crippen LogP contribution is -2.34. The predicted molar refractivity (Wildman–Crippen MR) is 77.8 cm³/mol. The number of aromatic nitrogens is 1. The first kappa shape index (κ1) is 13.4. The Bertz CT molecular complexity index is 529. The third kappa shape index (κ3) is 2.64. The summed E-state index contributed by atoms with van der Waals surface area (Å²) in [4.78, 5) is 6.83. The van der Waals surface area contributed by atoms with E-state index in [1.54, 1.807) is 0 Å². The van der Waals surface area contributed by atoms with Crippen molar-refractivity contribution in [3.8, 4) is 6.07 Å². The Morgan fingerprint density at radius 2 is 2.30 bits per heavy atom. The molecular weight excluding hydrogens is 250 g/mol. The molecule has 1 aliphatic heterocycles. The second-order valence-electron chi connectivity index (χ2n) is 5.80. The summed E-state index contributed by atoms with van der Waals surface area (Å²) in [5, 5.41) is 9.36. The molecule has 0 spiro atoms. The van der Waals surface area contributed by atoms with Crippen molar-refractivity contribution in [3.63, 3.8) is 0 Å². The molecule has 0 radical (unpaired) electrons. The van der Waals surface area contributed by atoms with Gasteiger partial charge in [0.25, 0.3) is 0 Å². The minimum atomic E-state index is 0.273. The first-order chi connectivity index (χ1) is 9.78. The first-order valence-corrected chi connectivity index (χ1v) is 7.53. The van der Waals surface area contributed by atoms with E-state index < -0.39 is 0 Å². The zero-order valence-electron chi connectivity index (χ0n) is 12.1. The number of rotatable bonds is 3. The molecule has 4 nitrogen and oxygen atoms in total. The number of hydrogen-bond donors (Lipinski definition) is 0. The van der Waals surface area contributed by atoms with Crippen LogP contribution in [0.1, 0.15) is 42.5 Å². The number of likely N-dealkylation sites (N-methyl/N-ethyl adjacent to an activating group) is 1. The molecule has 0 aromatic carbocycles. The number of aryl methyl sites for hydroxylation is 2. The maximum Gasteiger partial charge on any atom is 0.146 e. The van der Waals surface area contributed by atoms with Crippen molar-refractivity contribution < 1.29 is 4.74 Å². The lowest BCUT2D eigenvalue weighted by atomic mass is 10.1. The van der Waals surface area contributed by atoms with Gasteiger partial charge in [-0.1, -0.05) is 0 Å². The van der Waals surface area contributed by atoms with Gasteiger partial charge >= 0.3 is 0 Å². The van der Waals surface area contributed by atoms with Crippen LogP contribution in [0.4, 0.5) is 5.82 Å². The molecule has 0 saturated carbocycles. The van der Waals surface area contributed by atoms with Crippen molar-refractivity contribution in [1.82, 2.24) is 4.98 Å². The SMILES string of the molecule is CN(CC1CCCCO1)c1nc2c(cc1C#N)CCC2. The number of nitriles is 1. The lowest BCUT2D eigenvalue weighted by Gasteiger charge is -2.28. The van der Waals surface area contributed by atoms with Gasteiger partial charge in [0.1, 0.15) is 11.9 Å². The Hall–Kier alpha value is -1.60. The maximum absolute atomic E-state index is 9.36. The first-order valence-electron chi connectivity index (χ1n) is 7.53. The van der Waals surface area contributed by atoms with E-state index in [1.807, 2.05) is 13.1 Å². The maximum atomic E-state index is 9.36. The summed E-state index contributed by atoms with van der Waals surface area (Å²) in [6.07, 6.45) is 7.05. The van der Waals surface area contributed by atoms with Gasteiger partial charge < -0.3 is 9.64 Å². The highest BCUT2D eigenvalue weighted by Crippen LogP contribution is 2.27. The van der Waals surface area contributed by atoms with Crippen molar-refractivity contribution in [3.05, 3.63) is 22.9 Å². The summed E-state index contributed by atoms with van der Waals surface area (Å²) in [6, 6.07) is 4.33. The fourth-order valence-electron chi connectivity index (χ4n) is 3.18. The summed E-state index contributed by atoms with van der Waals surface area (Å²) in [6.45, 7) is 1.68. The third-order valence-electron chi connectivity index (χ3n) is 4.26. The van der Waals surface area contributed by atoms with Crippen LogP contribution in [0.15, 0.2) is 6.07 Å². The highest BCUT2D eigenvalue weighted by Gasteiger charge is 2.21. The highest BCUT2D eigenvalue weighted by molar-refractivity contribution is 5.56. The van der Waals surface area contributed by atoms with Crippen molar-refractivity contribution in [1.29, 1.82) is 5.26 Å². The molecule has 2 heterocycles. The Morgan fingerprint density at radius 1 is 1.40 bits per heavy atom. The molecule has 0 bridgehead atoms. The largest absolute Gasteiger partial charge is 0.376 e. The molecule has 1 atom stereocenters. The van der Waals surface area contributed by atoms with Crippen LogP contribution in [-0.4, -0.2) is 31.3 Å². The summed E-state index contributed by atoms with van der Waals surface area (Å²) in [5.74, 6) is 0.822. The van der Waals surface area contributed by atoms with Gasteiger partial charge in [-0.25, -0.2) is 4.98 Å². The number of anilines is 1. The average Bonchev–Trinajstić information content (AvgIpc) is 2.94. The van der Waals surface area contributed by atoms with E-state index in [0.717, 1.165) is 44.7 Å². The van der Waals surface area contributed by atoms with E-state index in [0.29, 0.717) is 5.56 Å². The normalized spacial score (nSPS) is 21.3. The van der Waals surface area contributed by atoms with E-state index in [2.05, 4.69) is 11.0 Å². The van der Waals surface area contributed by atoms with Crippen molar-refractivity contribution in [2.24, 2.45) is 0 Å². The number of nitrogens with zero attached hydrogens (tertiary/aromatic N) is 3. The molecule has 2 aliphatic rings. The van der Waals surface area contributed by atoms with E-state index in [4.69, 9.17) is 9.72 Å². The average molecular weight is 271 g/mol. The molecule has 1 aromatic rings. The van der Waals surface area contributed by atoms with Gasteiger partial charge in [-0.2, -0.15) is 5.26 Å². The quantitative estimate of drug-likeness (QED) is 0.847. The monoisotopic (exact) mass is 271 g/mol. The molecule has 106 valence electrons. The molecule has 1 aromatic heterocycles. The molecular formula is C16H21N3O. The van der Waals surface area contributed by atoms with Crippen LogP contribution in [0.2, 0.25) is 0 Å². The Labute approximate surface area is 120 Å². The van der Waals surface area contributed by atoms with Crippen LogP contribution in [0.3, 0.4) is 0 Å². The number of ether oxygens (including phenoxy) is 1.